The highest BCUT2D eigenvalue weighted by atomic mass is 16.4. The summed E-state index contributed by atoms with van der Waals surface area (Å²) in [6.45, 7) is 0.397. The molecule has 1 saturated carbocycles. The average Bonchev–Trinajstić information content (AvgIpc) is 2.94. The number of hydrogen-bond donors (Lipinski definition) is 2. The Morgan fingerprint density at radius 2 is 2.22 bits per heavy atom. The van der Waals surface area contributed by atoms with Crippen LogP contribution in [0.15, 0.2) is 12.3 Å². The molecule has 1 aromatic heterocycles. The summed E-state index contributed by atoms with van der Waals surface area (Å²) in [5.74, 6) is -1.40. The standard InChI is InChI=1S/C12H17N3O3/c1-15-5-4-10(14-15)7-13-11(16)8-2-3-9(6-8)12(17)18/h4-5,8-9H,2-3,6-7H2,1H3,(H,13,16)(H,17,18). The van der Waals surface area contributed by atoms with Crippen LogP contribution < -0.4 is 5.32 Å². The van der Waals surface area contributed by atoms with Crippen molar-refractivity contribution in [2.24, 2.45) is 18.9 Å². The maximum absolute atomic E-state index is 11.9. The van der Waals surface area contributed by atoms with Crippen molar-refractivity contribution in [3.8, 4) is 0 Å². The number of aromatic nitrogens is 2. The molecule has 0 bridgehead atoms. The van der Waals surface area contributed by atoms with Crippen LogP contribution in [0.4, 0.5) is 0 Å². The quantitative estimate of drug-likeness (QED) is 0.818. The lowest BCUT2D eigenvalue weighted by molar-refractivity contribution is -0.141. The Hall–Kier alpha value is -1.85. The summed E-state index contributed by atoms with van der Waals surface area (Å²) in [7, 11) is 1.82. The van der Waals surface area contributed by atoms with E-state index >= 15 is 0 Å². The van der Waals surface area contributed by atoms with Gasteiger partial charge in [-0.1, -0.05) is 0 Å². The molecule has 0 saturated heterocycles. The number of hydrogen-bond acceptors (Lipinski definition) is 3. The van der Waals surface area contributed by atoms with Gasteiger partial charge in [-0.15, -0.1) is 0 Å². The van der Waals surface area contributed by atoms with Gasteiger partial charge in [0.05, 0.1) is 18.2 Å². The van der Waals surface area contributed by atoms with Crippen LogP contribution in [-0.4, -0.2) is 26.8 Å². The van der Waals surface area contributed by atoms with Crippen molar-refractivity contribution in [3.05, 3.63) is 18.0 Å². The third-order valence-corrected chi connectivity index (χ3v) is 3.37. The minimum atomic E-state index is -0.796. The molecule has 1 fully saturated rings. The highest BCUT2D eigenvalue weighted by molar-refractivity contribution is 5.80. The smallest absolute Gasteiger partial charge is 0.306 e. The summed E-state index contributed by atoms with van der Waals surface area (Å²) in [5.41, 5.74) is 0.804. The van der Waals surface area contributed by atoms with E-state index in [0.29, 0.717) is 25.8 Å². The Labute approximate surface area is 105 Å². The molecule has 0 spiro atoms. The van der Waals surface area contributed by atoms with Gasteiger partial charge in [0, 0.05) is 19.2 Å². The fourth-order valence-electron chi connectivity index (χ4n) is 2.32. The molecule has 1 aromatic rings. The average molecular weight is 251 g/mol. The first-order valence-corrected chi connectivity index (χ1v) is 6.05. The normalized spacial score (nSPS) is 22.9. The van der Waals surface area contributed by atoms with E-state index in [1.165, 1.54) is 0 Å². The summed E-state index contributed by atoms with van der Waals surface area (Å²) in [4.78, 5) is 22.7. The first-order valence-electron chi connectivity index (χ1n) is 6.05. The number of carbonyl (C=O) groups excluding carboxylic acids is 1. The molecule has 2 N–H and O–H groups in total. The summed E-state index contributed by atoms with van der Waals surface area (Å²) < 4.78 is 1.68. The number of nitrogens with zero attached hydrogens (tertiary/aromatic N) is 2. The zero-order valence-corrected chi connectivity index (χ0v) is 10.3. The number of rotatable bonds is 4. The number of carboxylic acid groups (broad SMARTS) is 1. The van der Waals surface area contributed by atoms with Gasteiger partial charge >= 0.3 is 5.97 Å². The van der Waals surface area contributed by atoms with E-state index < -0.39 is 5.97 Å². The van der Waals surface area contributed by atoms with Crippen LogP contribution in [-0.2, 0) is 23.2 Å². The molecule has 1 aliphatic carbocycles. The first-order chi connectivity index (χ1) is 8.56. The van der Waals surface area contributed by atoms with E-state index in [4.69, 9.17) is 5.11 Å². The fraction of sp³-hybridized carbons (Fsp3) is 0.583. The number of carbonyl (C=O) groups is 2. The highest BCUT2D eigenvalue weighted by Gasteiger charge is 2.33. The minimum Gasteiger partial charge on any atom is -0.481 e. The van der Waals surface area contributed by atoms with E-state index in [-0.39, 0.29) is 17.7 Å². The largest absolute Gasteiger partial charge is 0.481 e. The first kappa shape index (κ1) is 12.6. The van der Waals surface area contributed by atoms with Gasteiger partial charge in [0.1, 0.15) is 0 Å². The molecule has 6 heteroatoms. The molecule has 0 radical (unpaired) electrons. The van der Waals surface area contributed by atoms with Gasteiger partial charge in [-0.3, -0.25) is 14.3 Å². The van der Waals surface area contributed by atoms with E-state index in [9.17, 15) is 9.59 Å². The van der Waals surface area contributed by atoms with Crippen LogP contribution in [0, 0.1) is 11.8 Å². The molecule has 1 amide bonds. The maximum Gasteiger partial charge on any atom is 0.306 e. The van der Waals surface area contributed by atoms with Crippen molar-refractivity contribution >= 4 is 11.9 Å². The summed E-state index contributed by atoms with van der Waals surface area (Å²) in [6.07, 6.45) is 3.52. The molecule has 1 aliphatic rings. The molecule has 98 valence electrons. The minimum absolute atomic E-state index is 0.0654. The lowest BCUT2D eigenvalue weighted by Crippen LogP contribution is -2.29. The highest BCUT2D eigenvalue weighted by Crippen LogP contribution is 2.31. The molecule has 18 heavy (non-hydrogen) atoms. The Morgan fingerprint density at radius 1 is 1.50 bits per heavy atom. The zero-order valence-electron chi connectivity index (χ0n) is 10.3. The number of amides is 1. The van der Waals surface area contributed by atoms with E-state index in [0.717, 1.165) is 5.69 Å². The van der Waals surface area contributed by atoms with Crippen LogP contribution in [0.5, 0.6) is 0 Å². The number of carboxylic acids is 1. The molecule has 1 heterocycles. The molecular weight excluding hydrogens is 234 g/mol. The molecule has 2 rings (SSSR count). The number of nitrogens with one attached hydrogen (secondary N) is 1. The Balaban J connectivity index is 1.80. The topological polar surface area (TPSA) is 84.2 Å². The summed E-state index contributed by atoms with van der Waals surface area (Å²) in [5, 5.41) is 15.8. The fourth-order valence-corrected chi connectivity index (χ4v) is 2.32. The Morgan fingerprint density at radius 3 is 2.78 bits per heavy atom. The second kappa shape index (κ2) is 5.20. The predicted octanol–water partition coefficient (Wildman–Crippen LogP) is 0.537. The van der Waals surface area contributed by atoms with Gasteiger partial charge in [-0.05, 0) is 25.3 Å². The molecule has 6 nitrogen and oxygen atoms in total. The van der Waals surface area contributed by atoms with E-state index in [1.807, 2.05) is 19.3 Å². The second-order valence-electron chi connectivity index (χ2n) is 4.74. The number of aliphatic carboxylic acids is 1. The molecule has 2 unspecified atom stereocenters. The van der Waals surface area contributed by atoms with Crippen LogP contribution in [0.1, 0.15) is 25.0 Å². The van der Waals surface area contributed by atoms with Crippen molar-refractivity contribution in [1.29, 1.82) is 0 Å². The van der Waals surface area contributed by atoms with E-state index in [1.54, 1.807) is 4.68 Å². The maximum atomic E-state index is 11.9. The van der Waals surface area contributed by atoms with Crippen molar-refractivity contribution in [2.45, 2.75) is 25.8 Å². The van der Waals surface area contributed by atoms with Gasteiger partial charge in [0.25, 0.3) is 0 Å². The third kappa shape index (κ3) is 2.88. The van der Waals surface area contributed by atoms with Gasteiger partial charge in [-0.2, -0.15) is 5.10 Å². The molecular formula is C12H17N3O3. The van der Waals surface area contributed by atoms with Gasteiger partial charge in [0.15, 0.2) is 0 Å². The van der Waals surface area contributed by atoms with Crippen LogP contribution in [0.2, 0.25) is 0 Å². The van der Waals surface area contributed by atoms with Gasteiger partial charge < -0.3 is 10.4 Å². The zero-order chi connectivity index (χ0) is 13.1. The summed E-state index contributed by atoms with van der Waals surface area (Å²) >= 11 is 0. The Kier molecular flexibility index (Phi) is 3.64. The van der Waals surface area contributed by atoms with Crippen molar-refractivity contribution < 1.29 is 14.7 Å². The van der Waals surface area contributed by atoms with Gasteiger partial charge in [-0.25, -0.2) is 0 Å². The van der Waals surface area contributed by atoms with Crippen LogP contribution in [0.25, 0.3) is 0 Å². The van der Waals surface area contributed by atoms with Crippen molar-refractivity contribution in [1.82, 2.24) is 15.1 Å². The monoisotopic (exact) mass is 251 g/mol. The Bertz CT molecular complexity index is 455. The molecule has 2 atom stereocenters. The van der Waals surface area contributed by atoms with Crippen molar-refractivity contribution in [3.63, 3.8) is 0 Å². The number of aryl methyl sites for hydroxylation is 1. The lowest BCUT2D eigenvalue weighted by Gasteiger charge is -2.09. The SMILES string of the molecule is Cn1ccc(CNC(=O)C2CCC(C(=O)O)C2)n1. The predicted molar refractivity (Wildman–Crippen MR) is 63.5 cm³/mol. The second-order valence-corrected chi connectivity index (χ2v) is 4.74. The van der Waals surface area contributed by atoms with E-state index in [2.05, 4.69) is 10.4 Å². The van der Waals surface area contributed by atoms with Crippen LogP contribution >= 0.6 is 0 Å². The summed E-state index contributed by atoms with van der Waals surface area (Å²) in [6, 6.07) is 1.84. The third-order valence-electron chi connectivity index (χ3n) is 3.37. The lowest BCUT2D eigenvalue weighted by atomic mass is 10.0. The molecule has 0 aliphatic heterocycles. The van der Waals surface area contributed by atoms with Crippen molar-refractivity contribution in [2.75, 3.05) is 0 Å². The van der Waals surface area contributed by atoms with Crippen LogP contribution in [0.3, 0.4) is 0 Å². The van der Waals surface area contributed by atoms with Gasteiger partial charge in [0.2, 0.25) is 5.91 Å². The molecule has 0 aromatic carbocycles.